The lowest BCUT2D eigenvalue weighted by Crippen LogP contribution is -2.50. The molecule has 0 bridgehead atoms. The first-order chi connectivity index (χ1) is 20.4. The molecule has 2 aliphatic carbocycles. The number of aliphatic hydroxyl groups excluding tert-OH is 1. The van der Waals surface area contributed by atoms with Crippen molar-refractivity contribution in [1.29, 1.82) is 0 Å². The van der Waals surface area contributed by atoms with Crippen molar-refractivity contribution in [2.75, 3.05) is 43.4 Å². The molecule has 3 fully saturated rings. The molecular weight excluding hydrogens is 554 g/mol. The van der Waals surface area contributed by atoms with Crippen molar-refractivity contribution in [1.82, 2.24) is 29.3 Å². The number of piperazine rings is 1. The summed E-state index contributed by atoms with van der Waals surface area (Å²) >= 11 is 0. The molecule has 43 heavy (non-hydrogen) atoms. The minimum absolute atomic E-state index is 0. The van der Waals surface area contributed by atoms with Crippen LogP contribution < -0.4 is 10.6 Å². The van der Waals surface area contributed by atoms with Gasteiger partial charge in [-0.3, -0.25) is 9.36 Å². The van der Waals surface area contributed by atoms with Crippen molar-refractivity contribution in [2.45, 2.75) is 83.9 Å². The molecule has 0 atom stereocenters. The summed E-state index contributed by atoms with van der Waals surface area (Å²) in [6.45, 7) is 6.56. The minimum atomic E-state index is -0.709. The van der Waals surface area contributed by atoms with Gasteiger partial charge in [-0.2, -0.15) is 4.98 Å². The number of carbonyl (C=O) groups excluding carboxylic acids is 1. The van der Waals surface area contributed by atoms with Crippen LogP contribution in [-0.2, 0) is 4.79 Å². The summed E-state index contributed by atoms with van der Waals surface area (Å²) in [5, 5.41) is 16.4. The molecule has 234 valence electrons. The van der Waals surface area contributed by atoms with Crippen molar-refractivity contribution in [3.63, 3.8) is 0 Å². The molecule has 1 aliphatic heterocycles. The average Bonchev–Trinajstić information content (AvgIpc) is 3.36. The molecule has 6 rings (SSSR count). The number of halogens is 2. The Morgan fingerprint density at radius 2 is 1.72 bits per heavy atom. The first kappa shape index (κ1) is 31.1. The zero-order valence-corrected chi connectivity index (χ0v) is 24.1. The Morgan fingerprint density at radius 1 is 1.00 bits per heavy atom. The fourth-order valence-electron chi connectivity index (χ4n) is 6.63. The second-order valence-electron chi connectivity index (χ2n) is 11.9. The molecule has 12 heteroatoms. The van der Waals surface area contributed by atoms with Gasteiger partial charge in [0.1, 0.15) is 17.2 Å². The Kier molecular flexibility index (Phi) is 9.75. The topological polar surface area (TPSA) is 111 Å². The van der Waals surface area contributed by atoms with Crippen molar-refractivity contribution < 1.29 is 18.7 Å². The van der Waals surface area contributed by atoms with Gasteiger partial charge in [0, 0.05) is 50.2 Å². The summed E-state index contributed by atoms with van der Waals surface area (Å²) in [5.41, 5.74) is 1.31. The van der Waals surface area contributed by atoms with E-state index < -0.39 is 11.6 Å². The first-order valence-corrected chi connectivity index (χ1v) is 15.3. The number of nitrogens with zero attached hydrogens (tertiary/aromatic N) is 6. The van der Waals surface area contributed by atoms with Gasteiger partial charge in [0.2, 0.25) is 17.8 Å². The van der Waals surface area contributed by atoms with Crippen molar-refractivity contribution in [3.05, 3.63) is 36.0 Å². The number of rotatable bonds is 7. The summed E-state index contributed by atoms with van der Waals surface area (Å²) in [7, 11) is 0. The Labute approximate surface area is 251 Å². The molecule has 3 aromatic rings. The molecule has 10 nitrogen and oxygen atoms in total. The standard InChI is InChI=1S/C30H40F2N8O2.CH4/c1-2-38-13-15-39(16-14-38)28(42)19-3-8-22(9-4-19)40-27-26(36-30(40)35-25-12-5-20(31)17-24(25)32)18-33-29(37-27)34-21-6-10-23(41)11-7-21;/h5,12,17-19,21-23,41H,2-4,6-11,13-16H2,1H3,(H,35,36)(H,33,34,37);1H4. The number of likely N-dealkylation sites (N-methyl/N-ethyl adjacent to an activating group) is 1. The highest BCUT2D eigenvalue weighted by atomic mass is 19.1. The number of hydrogen-bond acceptors (Lipinski definition) is 8. The van der Waals surface area contributed by atoms with Crippen LogP contribution in [0.25, 0.3) is 11.2 Å². The van der Waals surface area contributed by atoms with E-state index in [9.17, 15) is 18.7 Å². The molecule has 3 N–H and O–H groups in total. The van der Waals surface area contributed by atoms with Crippen LogP contribution >= 0.6 is 0 Å². The van der Waals surface area contributed by atoms with E-state index in [1.807, 2.05) is 9.47 Å². The van der Waals surface area contributed by atoms with Gasteiger partial charge in [-0.05, 0) is 70.0 Å². The summed E-state index contributed by atoms with van der Waals surface area (Å²) in [4.78, 5) is 31.8. The summed E-state index contributed by atoms with van der Waals surface area (Å²) < 4.78 is 30.2. The fourth-order valence-corrected chi connectivity index (χ4v) is 6.63. The predicted octanol–water partition coefficient (Wildman–Crippen LogP) is 5.10. The number of imidazole rings is 1. The van der Waals surface area contributed by atoms with Gasteiger partial charge < -0.3 is 25.5 Å². The molecule has 2 aromatic heterocycles. The maximum absolute atomic E-state index is 14.6. The van der Waals surface area contributed by atoms with E-state index >= 15 is 0 Å². The molecule has 0 spiro atoms. The normalized spacial score (nSPS) is 24.9. The molecule has 0 radical (unpaired) electrons. The summed E-state index contributed by atoms with van der Waals surface area (Å²) in [5.74, 6) is -0.226. The van der Waals surface area contributed by atoms with Crippen molar-refractivity contribution in [3.8, 4) is 0 Å². The van der Waals surface area contributed by atoms with Gasteiger partial charge in [-0.15, -0.1) is 0 Å². The van der Waals surface area contributed by atoms with E-state index in [0.29, 0.717) is 23.1 Å². The summed E-state index contributed by atoms with van der Waals surface area (Å²) in [6, 6.07) is 3.58. The second-order valence-corrected chi connectivity index (χ2v) is 11.9. The first-order valence-electron chi connectivity index (χ1n) is 15.3. The number of hydrogen-bond donors (Lipinski definition) is 3. The van der Waals surface area contributed by atoms with Crippen LogP contribution in [0.2, 0.25) is 0 Å². The third-order valence-electron chi connectivity index (χ3n) is 9.18. The zero-order valence-electron chi connectivity index (χ0n) is 24.1. The van der Waals surface area contributed by atoms with Crippen LogP contribution in [0, 0.1) is 17.6 Å². The lowest BCUT2D eigenvalue weighted by atomic mass is 9.85. The monoisotopic (exact) mass is 598 g/mol. The molecule has 0 unspecified atom stereocenters. The molecule has 1 amide bonds. The average molecular weight is 599 g/mol. The Hall–Kier alpha value is -3.38. The smallest absolute Gasteiger partial charge is 0.225 e. The van der Waals surface area contributed by atoms with Gasteiger partial charge in [0.15, 0.2) is 5.65 Å². The number of amides is 1. The van der Waals surface area contributed by atoms with Crippen LogP contribution in [0.4, 0.5) is 26.4 Å². The van der Waals surface area contributed by atoms with Crippen LogP contribution in [0.5, 0.6) is 0 Å². The molecule has 1 saturated heterocycles. The summed E-state index contributed by atoms with van der Waals surface area (Å²) in [6.07, 6.45) is 7.58. The fraction of sp³-hybridized carbons (Fsp3) is 0.613. The maximum atomic E-state index is 14.6. The Bertz CT molecular complexity index is 1390. The van der Waals surface area contributed by atoms with E-state index in [0.717, 1.165) is 90.2 Å². The number of anilines is 3. The largest absolute Gasteiger partial charge is 0.393 e. The molecular formula is C31H44F2N8O2. The quantitative estimate of drug-likeness (QED) is 0.345. The van der Waals surface area contributed by atoms with Gasteiger partial charge in [0.05, 0.1) is 18.0 Å². The van der Waals surface area contributed by atoms with Crippen molar-refractivity contribution >= 4 is 34.7 Å². The minimum Gasteiger partial charge on any atom is -0.393 e. The number of fused-ring (bicyclic) bond motifs is 1. The van der Waals surface area contributed by atoms with Crippen LogP contribution in [-0.4, -0.2) is 85.2 Å². The molecule has 2 saturated carbocycles. The van der Waals surface area contributed by atoms with Crippen LogP contribution in [0.15, 0.2) is 24.4 Å². The number of nitrogens with one attached hydrogen (secondary N) is 2. The molecule has 3 heterocycles. The third-order valence-corrected chi connectivity index (χ3v) is 9.18. The lowest BCUT2D eigenvalue weighted by molar-refractivity contribution is -0.138. The highest BCUT2D eigenvalue weighted by molar-refractivity contribution is 5.79. The van der Waals surface area contributed by atoms with E-state index in [1.54, 1.807) is 6.20 Å². The lowest BCUT2D eigenvalue weighted by Gasteiger charge is -2.37. The van der Waals surface area contributed by atoms with E-state index in [2.05, 4.69) is 27.4 Å². The van der Waals surface area contributed by atoms with Crippen LogP contribution in [0.3, 0.4) is 0 Å². The molecule has 1 aromatic carbocycles. The van der Waals surface area contributed by atoms with E-state index in [1.165, 1.54) is 12.1 Å². The maximum Gasteiger partial charge on any atom is 0.225 e. The van der Waals surface area contributed by atoms with E-state index in [-0.39, 0.29) is 43.1 Å². The van der Waals surface area contributed by atoms with Gasteiger partial charge >= 0.3 is 0 Å². The number of carbonyl (C=O) groups is 1. The van der Waals surface area contributed by atoms with Crippen LogP contribution in [0.1, 0.15) is 71.8 Å². The Morgan fingerprint density at radius 3 is 2.40 bits per heavy atom. The third kappa shape index (κ3) is 6.90. The highest BCUT2D eigenvalue weighted by Gasteiger charge is 2.33. The SMILES string of the molecule is C.CCN1CCN(C(=O)C2CCC(n3c(Nc4ccc(F)cc4F)nc4cnc(NC5CCC(O)CC5)nc43)CC2)CC1. The Balaban J connectivity index is 0.00000368. The highest BCUT2D eigenvalue weighted by Crippen LogP contribution is 2.38. The second kappa shape index (κ2) is 13.5. The zero-order chi connectivity index (χ0) is 29.2. The number of benzene rings is 1. The van der Waals surface area contributed by atoms with Gasteiger partial charge in [0.25, 0.3) is 0 Å². The number of aliphatic hydroxyl groups is 1. The number of aromatic nitrogens is 4. The van der Waals surface area contributed by atoms with Gasteiger partial charge in [-0.25, -0.2) is 18.7 Å². The molecule has 3 aliphatic rings. The predicted molar refractivity (Wildman–Crippen MR) is 163 cm³/mol. The van der Waals surface area contributed by atoms with Gasteiger partial charge in [-0.1, -0.05) is 14.4 Å². The van der Waals surface area contributed by atoms with E-state index in [4.69, 9.17) is 9.97 Å². The van der Waals surface area contributed by atoms with Crippen molar-refractivity contribution in [2.24, 2.45) is 5.92 Å².